The topological polar surface area (TPSA) is 50.2 Å². The number of hydrogen-bond donors (Lipinski definition) is 1. The zero-order valence-corrected chi connectivity index (χ0v) is 12.1. The van der Waals surface area contributed by atoms with Crippen LogP contribution < -0.4 is 5.43 Å². The van der Waals surface area contributed by atoms with Gasteiger partial charge in [-0.3, -0.25) is 5.43 Å². The number of nitrogens with one attached hydrogen (secondary N) is 1. The first-order chi connectivity index (χ1) is 10.4. The zero-order valence-electron chi connectivity index (χ0n) is 11.3. The summed E-state index contributed by atoms with van der Waals surface area (Å²) in [7, 11) is 0. The Morgan fingerprint density at radius 3 is 2.10 bits per heavy atom. The molecule has 0 fully saturated rings. The van der Waals surface area contributed by atoms with Crippen LogP contribution in [0.25, 0.3) is 0 Å². The smallest absolute Gasteiger partial charge is 0.225 e. The van der Waals surface area contributed by atoms with Gasteiger partial charge in [-0.15, -0.1) is 10.2 Å². The molecule has 0 unspecified atom stereocenters. The minimum Gasteiger partial charge on any atom is -0.251 e. The first-order valence-corrected chi connectivity index (χ1v) is 7.47. The molecule has 0 aliphatic carbocycles. The highest BCUT2D eigenvalue weighted by Gasteiger charge is 2.10. The fourth-order valence-electron chi connectivity index (χ4n) is 2.07. The van der Waals surface area contributed by atoms with Crippen molar-refractivity contribution in [1.82, 2.24) is 10.2 Å². The third kappa shape index (κ3) is 3.52. The highest BCUT2D eigenvalue weighted by atomic mass is 32.1. The van der Waals surface area contributed by atoms with Gasteiger partial charge >= 0.3 is 0 Å². The van der Waals surface area contributed by atoms with Gasteiger partial charge in [-0.25, -0.2) is 0 Å². The average Bonchev–Trinajstić information content (AvgIpc) is 3.07. The van der Waals surface area contributed by atoms with E-state index >= 15 is 0 Å². The highest BCUT2D eigenvalue weighted by molar-refractivity contribution is 7.13. The van der Waals surface area contributed by atoms with Gasteiger partial charge in [-0.1, -0.05) is 72.0 Å². The van der Waals surface area contributed by atoms with Gasteiger partial charge in [0.25, 0.3) is 0 Å². The van der Waals surface area contributed by atoms with E-state index in [0.29, 0.717) is 5.13 Å². The molecule has 1 N–H and O–H groups in total. The van der Waals surface area contributed by atoms with Crippen molar-refractivity contribution in [3.05, 3.63) is 77.3 Å². The van der Waals surface area contributed by atoms with E-state index in [4.69, 9.17) is 0 Å². The monoisotopic (exact) mass is 294 g/mol. The molecule has 1 aromatic heterocycles. The Bertz CT molecular complexity index is 641. The Morgan fingerprint density at radius 2 is 1.57 bits per heavy atom. The van der Waals surface area contributed by atoms with Crippen LogP contribution in [0.4, 0.5) is 5.13 Å². The minimum absolute atomic E-state index is 0.104. The van der Waals surface area contributed by atoms with Crippen LogP contribution in [0.3, 0.4) is 0 Å². The first kappa shape index (κ1) is 13.5. The van der Waals surface area contributed by atoms with Gasteiger partial charge in [0, 0.05) is 12.1 Å². The molecule has 0 aliphatic rings. The number of hydrogen-bond acceptors (Lipinski definition) is 5. The van der Waals surface area contributed by atoms with Crippen molar-refractivity contribution in [1.29, 1.82) is 0 Å². The van der Waals surface area contributed by atoms with E-state index in [-0.39, 0.29) is 5.92 Å². The lowest BCUT2D eigenvalue weighted by molar-refractivity contribution is 1.06. The number of nitrogens with zero attached hydrogens (tertiary/aromatic N) is 3. The molecule has 4 nitrogen and oxygen atoms in total. The molecule has 0 aliphatic heterocycles. The molecule has 0 amide bonds. The lowest BCUT2D eigenvalue weighted by atomic mass is 9.92. The first-order valence-electron chi connectivity index (χ1n) is 6.59. The van der Waals surface area contributed by atoms with Crippen LogP contribution in [0.15, 0.2) is 71.3 Å². The van der Waals surface area contributed by atoms with E-state index in [9.17, 15) is 0 Å². The summed E-state index contributed by atoms with van der Waals surface area (Å²) >= 11 is 1.42. The summed E-state index contributed by atoms with van der Waals surface area (Å²) in [5, 5.41) is 12.7. The molecule has 1 heterocycles. The Labute approximate surface area is 127 Å². The molecule has 0 spiro atoms. The second-order valence-electron chi connectivity index (χ2n) is 4.43. The van der Waals surface area contributed by atoms with E-state index < -0.39 is 0 Å². The van der Waals surface area contributed by atoms with Gasteiger partial charge in [0.1, 0.15) is 5.51 Å². The molecule has 21 heavy (non-hydrogen) atoms. The third-order valence-electron chi connectivity index (χ3n) is 3.06. The van der Waals surface area contributed by atoms with Gasteiger partial charge in [-0.2, -0.15) is 5.10 Å². The predicted octanol–water partition coefficient (Wildman–Crippen LogP) is 3.77. The quantitative estimate of drug-likeness (QED) is 0.575. The fraction of sp³-hybridized carbons (Fsp3) is 0.0625. The molecule has 0 saturated carbocycles. The van der Waals surface area contributed by atoms with Gasteiger partial charge in [0.15, 0.2) is 0 Å². The van der Waals surface area contributed by atoms with E-state index in [1.165, 1.54) is 22.5 Å². The van der Waals surface area contributed by atoms with Crippen LogP contribution in [-0.2, 0) is 0 Å². The molecule has 104 valence electrons. The standard InChI is InChI=1S/C16H14N4S/c1-3-7-13(8-4-1)15(14-9-5-2-6-10-14)11-17-19-16-20-18-12-21-16/h1-12,15H,(H,19,20)/b17-11+. The zero-order chi connectivity index (χ0) is 14.3. The van der Waals surface area contributed by atoms with Crippen molar-refractivity contribution < 1.29 is 0 Å². The summed E-state index contributed by atoms with van der Waals surface area (Å²) < 4.78 is 0. The third-order valence-corrected chi connectivity index (χ3v) is 3.66. The Kier molecular flexibility index (Phi) is 4.33. The Balaban J connectivity index is 1.84. The predicted molar refractivity (Wildman–Crippen MR) is 86.8 cm³/mol. The molecular weight excluding hydrogens is 280 g/mol. The SMILES string of the molecule is C(=N\Nc1nncs1)/C(c1ccccc1)c1ccccc1. The summed E-state index contributed by atoms with van der Waals surface area (Å²) in [6.07, 6.45) is 1.89. The Hall–Kier alpha value is -2.53. The molecule has 0 atom stereocenters. The van der Waals surface area contributed by atoms with Crippen LogP contribution >= 0.6 is 11.3 Å². The average molecular weight is 294 g/mol. The van der Waals surface area contributed by atoms with E-state index in [0.717, 1.165) is 0 Å². The second kappa shape index (κ2) is 6.76. The van der Waals surface area contributed by atoms with Crippen LogP contribution in [0, 0.1) is 0 Å². The molecular formula is C16H14N4S. The highest BCUT2D eigenvalue weighted by Crippen LogP contribution is 2.22. The van der Waals surface area contributed by atoms with Crippen molar-refractivity contribution in [3.63, 3.8) is 0 Å². The molecule has 3 aromatic rings. The summed E-state index contributed by atoms with van der Waals surface area (Å²) in [6.45, 7) is 0. The van der Waals surface area contributed by atoms with Crippen LogP contribution in [0.1, 0.15) is 17.0 Å². The molecule has 0 saturated heterocycles. The minimum atomic E-state index is 0.104. The number of benzene rings is 2. The number of hydrazone groups is 1. The molecule has 2 aromatic carbocycles. The van der Waals surface area contributed by atoms with Crippen molar-refractivity contribution in [2.45, 2.75) is 5.92 Å². The lowest BCUT2D eigenvalue weighted by Crippen LogP contribution is -2.04. The maximum atomic E-state index is 4.30. The van der Waals surface area contributed by atoms with E-state index in [1.54, 1.807) is 5.51 Å². The summed E-state index contributed by atoms with van der Waals surface area (Å²) in [5.41, 5.74) is 6.98. The van der Waals surface area contributed by atoms with Gasteiger partial charge in [0.2, 0.25) is 5.13 Å². The van der Waals surface area contributed by atoms with Crippen LogP contribution in [0.5, 0.6) is 0 Å². The van der Waals surface area contributed by atoms with Crippen molar-refractivity contribution in [2.24, 2.45) is 5.10 Å². The molecule has 0 radical (unpaired) electrons. The normalized spacial score (nSPS) is 11.1. The van der Waals surface area contributed by atoms with E-state index in [1.807, 2.05) is 42.6 Å². The van der Waals surface area contributed by atoms with Gasteiger partial charge in [0.05, 0.1) is 0 Å². The van der Waals surface area contributed by atoms with Crippen LogP contribution in [-0.4, -0.2) is 16.4 Å². The maximum Gasteiger partial charge on any atom is 0.225 e. The van der Waals surface area contributed by atoms with E-state index in [2.05, 4.69) is 45.0 Å². The number of rotatable bonds is 5. The number of anilines is 1. The maximum absolute atomic E-state index is 4.30. The van der Waals surface area contributed by atoms with Gasteiger partial charge in [-0.05, 0) is 11.1 Å². The fourth-order valence-corrected chi connectivity index (χ4v) is 2.47. The summed E-state index contributed by atoms with van der Waals surface area (Å²) in [5.74, 6) is 0.104. The molecule has 0 bridgehead atoms. The van der Waals surface area contributed by atoms with Crippen molar-refractivity contribution in [3.8, 4) is 0 Å². The summed E-state index contributed by atoms with van der Waals surface area (Å²) in [6, 6.07) is 20.6. The van der Waals surface area contributed by atoms with Crippen molar-refractivity contribution in [2.75, 3.05) is 5.43 Å². The number of aromatic nitrogens is 2. The summed E-state index contributed by atoms with van der Waals surface area (Å²) in [4.78, 5) is 0. The second-order valence-corrected chi connectivity index (χ2v) is 5.27. The molecule has 5 heteroatoms. The Morgan fingerprint density at radius 1 is 0.952 bits per heavy atom. The largest absolute Gasteiger partial charge is 0.251 e. The lowest BCUT2D eigenvalue weighted by Gasteiger charge is -2.12. The van der Waals surface area contributed by atoms with Crippen molar-refractivity contribution >= 4 is 22.7 Å². The molecule has 3 rings (SSSR count). The van der Waals surface area contributed by atoms with Gasteiger partial charge < -0.3 is 0 Å². The van der Waals surface area contributed by atoms with Crippen LogP contribution in [0.2, 0.25) is 0 Å².